The van der Waals surface area contributed by atoms with E-state index < -0.39 is 70.3 Å². The van der Waals surface area contributed by atoms with Gasteiger partial charge in [-0.2, -0.15) is 0 Å². The Labute approximate surface area is 313 Å². The summed E-state index contributed by atoms with van der Waals surface area (Å²) in [4.78, 5) is 90.6. The third-order valence-electron chi connectivity index (χ3n) is 9.89. The third-order valence-corrected chi connectivity index (χ3v) is 11.3. The molecule has 4 aliphatic rings. The summed E-state index contributed by atoms with van der Waals surface area (Å²) in [7, 11) is -3.88. The number of piperidine rings is 2. The minimum Gasteiger partial charge on any atom is -0.506 e. The number of phenolic OH excluding ortho intramolecular Hbond substituents is 1. The minimum atomic E-state index is -3.88. The van der Waals surface area contributed by atoms with Gasteiger partial charge in [0.25, 0.3) is 17.7 Å². The summed E-state index contributed by atoms with van der Waals surface area (Å²) in [5, 5.41) is 18.6. The molecule has 7 rings (SSSR count). The van der Waals surface area contributed by atoms with Crippen molar-refractivity contribution < 1.29 is 56.9 Å². The number of halogens is 1. The number of imide groups is 2. The summed E-state index contributed by atoms with van der Waals surface area (Å²) in [6.45, 7) is 0.000501. The van der Waals surface area contributed by atoms with Crippen LogP contribution in [0.4, 0.5) is 15.8 Å². The summed E-state index contributed by atoms with van der Waals surface area (Å²) < 4.78 is 44.2. The highest BCUT2D eigenvalue weighted by Crippen LogP contribution is 2.51. The molecular weight excluding hydrogens is 745 g/mol. The lowest BCUT2D eigenvalue weighted by Gasteiger charge is -2.36. The molecule has 0 saturated carbocycles. The van der Waals surface area contributed by atoms with Crippen molar-refractivity contribution in [3.05, 3.63) is 59.4 Å². The second-order valence-electron chi connectivity index (χ2n) is 13.3. The quantitative estimate of drug-likeness (QED) is 0.114. The highest BCUT2D eigenvalue weighted by molar-refractivity contribution is 8.24. The maximum atomic E-state index is 15.6. The fraction of sp³-hybridized carbons (Fsp3) is 0.343. The van der Waals surface area contributed by atoms with Crippen molar-refractivity contribution in [2.45, 2.75) is 31.7 Å². The molecule has 3 saturated heterocycles. The molecule has 3 aromatic rings. The number of benzene rings is 3. The molecule has 1 atom stereocenters. The number of nitrogens with zero attached hydrogens (tertiary/aromatic N) is 3. The molecule has 0 spiro atoms. The molecular formula is C35H36FN7O11S. The molecule has 0 aromatic heterocycles. The number of carbonyl (C=O) groups excluding carboxylic acids is 7. The van der Waals surface area contributed by atoms with Crippen LogP contribution < -0.4 is 29.7 Å². The Bertz CT molecular complexity index is 2160. The lowest BCUT2D eigenvalue weighted by molar-refractivity contribution is -0.136. The van der Waals surface area contributed by atoms with Crippen LogP contribution in [0.2, 0.25) is 0 Å². The zero-order chi connectivity index (χ0) is 39.2. The third kappa shape index (κ3) is 7.18. The van der Waals surface area contributed by atoms with Crippen molar-refractivity contribution in [3.8, 4) is 11.5 Å². The van der Waals surface area contributed by atoms with Gasteiger partial charge < -0.3 is 25.4 Å². The van der Waals surface area contributed by atoms with Gasteiger partial charge >= 0.3 is 0 Å². The molecule has 4 aliphatic heterocycles. The van der Waals surface area contributed by atoms with Crippen LogP contribution in [0.1, 0.15) is 46.4 Å². The molecule has 7 amide bonds. The molecule has 0 aliphatic carbocycles. The molecule has 3 fully saturated rings. The van der Waals surface area contributed by atoms with E-state index in [2.05, 4.69) is 16.0 Å². The first-order chi connectivity index (χ1) is 26.2. The SMILES string of the molecule is O=C1CCC(N2C(=O)c3cccc(NCC(=O)N4CCC(C(=O)NCCOc5ccc6cc(O)c(N7CC(=O)NS7(O)O)c(F)c6c5)CC4)c3C2=O)C(=O)N1. The topological polar surface area (TPSA) is 247 Å². The van der Waals surface area contributed by atoms with E-state index in [1.54, 1.807) is 17.0 Å². The van der Waals surface area contributed by atoms with Crippen LogP contribution in [0.15, 0.2) is 42.5 Å². The Morgan fingerprint density at radius 3 is 2.45 bits per heavy atom. The van der Waals surface area contributed by atoms with Gasteiger partial charge in [-0.05, 0) is 65.9 Å². The van der Waals surface area contributed by atoms with Crippen LogP contribution in [0, 0.1) is 11.7 Å². The number of anilines is 2. The number of rotatable bonds is 10. The maximum Gasteiger partial charge on any atom is 0.264 e. The first-order valence-corrected chi connectivity index (χ1v) is 18.8. The van der Waals surface area contributed by atoms with E-state index in [0.717, 1.165) is 4.90 Å². The van der Waals surface area contributed by atoms with Crippen LogP contribution in [0.5, 0.6) is 11.5 Å². The number of aromatic hydroxyl groups is 1. The number of hydrogen-bond donors (Lipinski definition) is 7. The van der Waals surface area contributed by atoms with E-state index in [1.165, 1.54) is 30.3 Å². The van der Waals surface area contributed by atoms with Gasteiger partial charge in [0.2, 0.25) is 23.6 Å². The zero-order valence-electron chi connectivity index (χ0n) is 29.0. The van der Waals surface area contributed by atoms with Crippen molar-refractivity contribution in [2.24, 2.45) is 5.92 Å². The van der Waals surface area contributed by atoms with Crippen molar-refractivity contribution in [1.29, 1.82) is 0 Å². The molecule has 0 bridgehead atoms. The summed E-state index contributed by atoms with van der Waals surface area (Å²) in [5.74, 6) is -5.50. The van der Waals surface area contributed by atoms with Crippen LogP contribution >= 0.6 is 11.0 Å². The van der Waals surface area contributed by atoms with Crippen LogP contribution in [0.3, 0.4) is 0 Å². The number of fused-ring (bicyclic) bond motifs is 2. The molecule has 18 nitrogen and oxygen atoms in total. The minimum absolute atomic E-state index is 0.00640. The van der Waals surface area contributed by atoms with Gasteiger partial charge in [0.05, 0.1) is 24.2 Å². The molecule has 7 N–H and O–H groups in total. The van der Waals surface area contributed by atoms with Crippen LogP contribution in [-0.2, 0) is 24.0 Å². The first kappa shape index (κ1) is 37.3. The molecule has 55 heavy (non-hydrogen) atoms. The first-order valence-electron chi connectivity index (χ1n) is 17.3. The maximum absolute atomic E-state index is 15.6. The Morgan fingerprint density at radius 2 is 1.75 bits per heavy atom. The predicted octanol–water partition coefficient (Wildman–Crippen LogP) is 1.45. The molecule has 20 heteroatoms. The van der Waals surface area contributed by atoms with E-state index in [4.69, 9.17) is 4.74 Å². The van der Waals surface area contributed by atoms with Gasteiger partial charge in [-0.1, -0.05) is 12.1 Å². The summed E-state index contributed by atoms with van der Waals surface area (Å²) in [5.41, 5.74) is -0.161. The second kappa shape index (κ2) is 14.7. The van der Waals surface area contributed by atoms with Gasteiger partial charge in [0.15, 0.2) is 5.82 Å². The fourth-order valence-corrected chi connectivity index (χ4v) is 8.33. The lowest BCUT2D eigenvalue weighted by atomic mass is 9.96. The number of amides is 7. The van der Waals surface area contributed by atoms with Gasteiger partial charge in [0, 0.05) is 36.5 Å². The number of ether oxygens (including phenoxy) is 1. The van der Waals surface area contributed by atoms with E-state index in [0.29, 0.717) is 35.6 Å². The Kier molecular flexibility index (Phi) is 9.96. The lowest BCUT2D eigenvalue weighted by Crippen LogP contribution is -2.54. The van der Waals surface area contributed by atoms with Crippen molar-refractivity contribution >= 4 is 74.5 Å². The number of phenols is 1. The van der Waals surface area contributed by atoms with E-state index >= 15 is 4.39 Å². The molecule has 290 valence electrons. The molecule has 3 aromatic carbocycles. The smallest absolute Gasteiger partial charge is 0.264 e. The highest BCUT2D eigenvalue weighted by Gasteiger charge is 2.46. The normalized spacial score (nSPS) is 20.3. The summed E-state index contributed by atoms with van der Waals surface area (Å²) >= 11 is 0. The van der Waals surface area contributed by atoms with Gasteiger partial charge in [-0.3, -0.25) is 52.9 Å². The molecule has 1 unspecified atom stereocenters. The fourth-order valence-electron chi connectivity index (χ4n) is 7.12. The van der Waals surface area contributed by atoms with E-state index in [-0.39, 0.29) is 78.2 Å². The predicted molar refractivity (Wildman–Crippen MR) is 193 cm³/mol. The number of likely N-dealkylation sites (tertiary alicyclic amines) is 1. The number of carbonyl (C=O) groups is 7. The average Bonchev–Trinajstić information content (AvgIpc) is 3.57. The Balaban J connectivity index is 0.875. The Morgan fingerprint density at radius 1 is 0.982 bits per heavy atom. The second-order valence-corrected chi connectivity index (χ2v) is 15.0. The monoisotopic (exact) mass is 781 g/mol. The average molecular weight is 782 g/mol. The molecule has 4 heterocycles. The number of nitrogens with one attached hydrogen (secondary N) is 4. The van der Waals surface area contributed by atoms with Crippen LogP contribution in [-0.4, -0.2) is 111 Å². The van der Waals surface area contributed by atoms with E-state index in [1.807, 2.05) is 4.72 Å². The van der Waals surface area contributed by atoms with Gasteiger partial charge in [-0.15, -0.1) is 0 Å². The summed E-state index contributed by atoms with van der Waals surface area (Å²) in [6.07, 6.45) is 0.808. The highest BCUT2D eigenvalue weighted by atomic mass is 32.3. The van der Waals surface area contributed by atoms with Crippen molar-refractivity contribution in [2.75, 3.05) is 49.0 Å². The summed E-state index contributed by atoms with van der Waals surface area (Å²) in [6, 6.07) is 9.08. The number of hydrogen-bond acceptors (Lipinski definition) is 13. The Hall–Kier alpha value is -5.99. The zero-order valence-corrected chi connectivity index (χ0v) is 29.8. The largest absolute Gasteiger partial charge is 0.506 e. The standard InChI is InChI=1S/C35H36FN7O11S/c36-30-22-15-20(5-4-19(22)14-25(44)31(30)42-17-27(46)40-55(42,52)53)54-13-10-37-32(48)18-8-11-41(12-9-18)28(47)16-38-23-3-1-2-21-29(23)35(51)43(34(21)50)24-6-7-26(45)39-33(24)49/h1-5,14-15,18,24,38,44,52-53H,6-13,16-17H2,(H,37,48)(H,40,46)(H,39,45,49). The van der Waals surface area contributed by atoms with Crippen LogP contribution in [0.25, 0.3) is 10.8 Å². The van der Waals surface area contributed by atoms with Crippen molar-refractivity contribution in [1.82, 2.24) is 25.2 Å². The van der Waals surface area contributed by atoms with Gasteiger partial charge in [0.1, 0.15) is 36.4 Å². The van der Waals surface area contributed by atoms with Crippen molar-refractivity contribution in [3.63, 3.8) is 0 Å². The molecule has 0 radical (unpaired) electrons. The van der Waals surface area contributed by atoms with Gasteiger partial charge in [-0.25, -0.2) is 13.4 Å². The van der Waals surface area contributed by atoms with E-state index in [9.17, 15) is 47.8 Å².